The SMILES string of the molecule is C#CCCC(=O)c1csc(Br)c1. The monoisotopic (exact) mass is 242 g/mol. The molecule has 3 heteroatoms. The summed E-state index contributed by atoms with van der Waals surface area (Å²) in [5.74, 6) is 2.57. The van der Waals surface area contributed by atoms with Gasteiger partial charge in [-0.25, -0.2) is 0 Å². The lowest BCUT2D eigenvalue weighted by Gasteiger charge is -1.91. The summed E-state index contributed by atoms with van der Waals surface area (Å²) >= 11 is 4.80. The molecule has 0 bridgehead atoms. The zero-order valence-electron chi connectivity index (χ0n) is 6.34. The second kappa shape index (κ2) is 4.44. The van der Waals surface area contributed by atoms with Crippen LogP contribution in [0.15, 0.2) is 15.2 Å². The van der Waals surface area contributed by atoms with Crippen molar-refractivity contribution in [2.24, 2.45) is 0 Å². The molecule has 0 saturated heterocycles. The highest BCUT2D eigenvalue weighted by Gasteiger charge is 2.06. The average molecular weight is 243 g/mol. The van der Waals surface area contributed by atoms with Crippen LogP contribution in [-0.4, -0.2) is 5.78 Å². The Hall–Kier alpha value is -0.590. The molecule has 0 N–H and O–H groups in total. The van der Waals surface area contributed by atoms with Gasteiger partial charge in [0.05, 0.1) is 3.79 Å². The minimum absolute atomic E-state index is 0.120. The van der Waals surface area contributed by atoms with E-state index in [1.165, 1.54) is 11.3 Å². The van der Waals surface area contributed by atoms with Crippen molar-refractivity contribution < 1.29 is 4.79 Å². The fourth-order valence-electron chi connectivity index (χ4n) is 0.786. The van der Waals surface area contributed by atoms with Crippen molar-refractivity contribution in [3.8, 4) is 12.3 Å². The van der Waals surface area contributed by atoms with Crippen molar-refractivity contribution in [2.75, 3.05) is 0 Å². The zero-order chi connectivity index (χ0) is 8.97. The first-order chi connectivity index (χ1) is 5.74. The molecule has 12 heavy (non-hydrogen) atoms. The molecule has 1 nitrogen and oxygen atoms in total. The van der Waals surface area contributed by atoms with Gasteiger partial charge in [-0.1, -0.05) is 0 Å². The van der Waals surface area contributed by atoms with E-state index in [4.69, 9.17) is 6.42 Å². The van der Waals surface area contributed by atoms with Crippen LogP contribution in [0.4, 0.5) is 0 Å². The number of hydrogen-bond donors (Lipinski definition) is 0. The summed E-state index contributed by atoms with van der Waals surface area (Å²) in [5, 5.41) is 1.84. The lowest BCUT2D eigenvalue weighted by molar-refractivity contribution is 0.0985. The van der Waals surface area contributed by atoms with Crippen LogP contribution in [0.25, 0.3) is 0 Å². The summed E-state index contributed by atoms with van der Waals surface area (Å²) in [7, 11) is 0. The average Bonchev–Trinajstić information content (AvgIpc) is 2.47. The van der Waals surface area contributed by atoms with E-state index in [2.05, 4.69) is 21.9 Å². The zero-order valence-corrected chi connectivity index (χ0v) is 8.74. The summed E-state index contributed by atoms with van der Waals surface area (Å²) in [4.78, 5) is 11.3. The predicted molar refractivity (Wildman–Crippen MR) is 54.4 cm³/mol. The van der Waals surface area contributed by atoms with E-state index in [1.807, 2.05) is 11.4 Å². The van der Waals surface area contributed by atoms with Gasteiger partial charge in [-0.05, 0) is 22.0 Å². The fourth-order valence-corrected chi connectivity index (χ4v) is 1.95. The van der Waals surface area contributed by atoms with Crippen LogP contribution in [0.1, 0.15) is 23.2 Å². The third-order valence-electron chi connectivity index (χ3n) is 1.39. The highest BCUT2D eigenvalue weighted by molar-refractivity contribution is 9.11. The van der Waals surface area contributed by atoms with E-state index >= 15 is 0 Å². The highest BCUT2D eigenvalue weighted by atomic mass is 79.9. The van der Waals surface area contributed by atoms with Crippen LogP contribution in [0.3, 0.4) is 0 Å². The largest absolute Gasteiger partial charge is 0.294 e. The van der Waals surface area contributed by atoms with Crippen molar-refractivity contribution >= 4 is 33.0 Å². The molecule has 1 aromatic rings. The Morgan fingerprint density at radius 2 is 2.50 bits per heavy atom. The number of halogens is 1. The van der Waals surface area contributed by atoms with Gasteiger partial charge in [-0.3, -0.25) is 4.79 Å². The first-order valence-corrected chi connectivity index (χ1v) is 5.12. The summed E-state index contributed by atoms with van der Waals surface area (Å²) in [6, 6.07) is 1.82. The molecule has 0 radical (unpaired) electrons. The smallest absolute Gasteiger partial charge is 0.164 e. The van der Waals surface area contributed by atoms with Gasteiger partial charge in [0, 0.05) is 23.8 Å². The predicted octanol–water partition coefficient (Wildman–Crippen LogP) is 3.11. The van der Waals surface area contributed by atoms with E-state index in [0.717, 1.165) is 9.35 Å². The van der Waals surface area contributed by atoms with Gasteiger partial charge < -0.3 is 0 Å². The molecular weight excluding hydrogens is 236 g/mol. The summed E-state index contributed by atoms with van der Waals surface area (Å²) in [6.07, 6.45) is 6.02. The maximum atomic E-state index is 11.3. The van der Waals surface area contributed by atoms with Gasteiger partial charge in [0.25, 0.3) is 0 Å². The maximum Gasteiger partial charge on any atom is 0.164 e. The first-order valence-electron chi connectivity index (χ1n) is 3.44. The molecule has 62 valence electrons. The number of ketones is 1. The van der Waals surface area contributed by atoms with Gasteiger partial charge in [0.2, 0.25) is 0 Å². The molecule has 0 aromatic carbocycles. The van der Waals surface area contributed by atoms with E-state index < -0.39 is 0 Å². The number of terminal acetylenes is 1. The lowest BCUT2D eigenvalue weighted by Crippen LogP contribution is -1.95. The number of thiophene rings is 1. The topological polar surface area (TPSA) is 17.1 Å². The second-order valence-electron chi connectivity index (χ2n) is 2.27. The molecule has 0 saturated carbocycles. The van der Waals surface area contributed by atoms with Gasteiger partial charge >= 0.3 is 0 Å². The van der Waals surface area contributed by atoms with Crippen LogP contribution >= 0.6 is 27.3 Å². The van der Waals surface area contributed by atoms with E-state index in [0.29, 0.717) is 12.8 Å². The minimum atomic E-state index is 0.120. The number of carbonyl (C=O) groups excluding carboxylic acids is 1. The molecule has 0 amide bonds. The molecule has 1 rings (SSSR count). The minimum Gasteiger partial charge on any atom is -0.294 e. The first kappa shape index (κ1) is 9.50. The Morgan fingerprint density at radius 1 is 1.75 bits per heavy atom. The number of carbonyl (C=O) groups is 1. The van der Waals surface area contributed by atoms with E-state index in [-0.39, 0.29) is 5.78 Å². The Bertz CT molecular complexity index is 322. The summed E-state index contributed by atoms with van der Waals surface area (Å²) in [6.45, 7) is 0. The molecule has 1 aromatic heterocycles. The quantitative estimate of drug-likeness (QED) is 0.588. The van der Waals surface area contributed by atoms with Crippen molar-refractivity contribution in [1.82, 2.24) is 0 Å². The van der Waals surface area contributed by atoms with Crippen molar-refractivity contribution in [2.45, 2.75) is 12.8 Å². The number of rotatable bonds is 3. The molecule has 1 heterocycles. The molecule has 0 aliphatic rings. The summed E-state index contributed by atoms with van der Waals surface area (Å²) < 4.78 is 0.978. The van der Waals surface area contributed by atoms with Gasteiger partial charge in [-0.2, -0.15) is 0 Å². The molecule has 0 fully saturated rings. The Labute approximate surface area is 83.9 Å². The van der Waals surface area contributed by atoms with Gasteiger partial charge in [0.15, 0.2) is 5.78 Å². The molecule has 0 aliphatic carbocycles. The van der Waals surface area contributed by atoms with E-state index in [9.17, 15) is 4.79 Å². The van der Waals surface area contributed by atoms with Crippen molar-refractivity contribution in [3.05, 3.63) is 20.8 Å². The Kier molecular flexibility index (Phi) is 3.51. The Balaban J connectivity index is 2.61. The van der Waals surface area contributed by atoms with E-state index in [1.54, 1.807) is 0 Å². The normalized spacial score (nSPS) is 9.33. The van der Waals surface area contributed by atoms with Crippen LogP contribution in [0, 0.1) is 12.3 Å². The Morgan fingerprint density at radius 3 is 3.00 bits per heavy atom. The molecule has 0 spiro atoms. The number of hydrogen-bond acceptors (Lipinski definition) is 2. The van der Waals surface area contributed by atoms with Crippen molar-refractivity contribution in [3.63, 3.8) is 0 Å². The van der Waals surface area contributed by atoms with Crippen molar-refractivity contribution in [1.29, 1.82) is 0 Å². The number of Topliss-reactive ketones (excluding diaryl/α,β-unsaturated/α-hetero) is 1. The second-order valence-corrected chi connectivity index (χ2v) is 4.56. The molecule has 0 atom stereocenters. The fraction of sp³-hybridized carbons (Fsp3) is 0.222. The van der Waals surface area contributed by atoms with Crippen LogP contribution in [0.2, 0.25) is 0 Å². The maximum absolute atomic E-state index is 11.3. The molecule has 0 unspecified atom stereocenters. The van der Waals surface area contributed by atoms with Crippen LogP contribution in [0.5, 0.6) is 0 Å². The summed E-state index contributed by atoms with van der Waals surface area (Å²) in [5.41, 5.74) is 0.752. The molecular formula is C9H7BrOS. The lowest BCUT2D eigenvalue weighted by atomic mass is 10.1. The van der Waals surface area contributed by atoms with Crippen LogP contribution in [-0.2, 0) is 0 Å². The standard InChI is InChI=1S/C9H7BrOS/c1-2-3-4-8(11)7-5-9(10)12-6-7/h1,5-6H,3-4H2. The van der Waals surface area contributed by atoms with Crippen LogP contribution < -0.4 is 0 Å². The van der Waals surface area contributed by atoms with Gasteiger partial charge in [-0.15, -0.1) is 23.7 Å². The highest BCUT2D eigenvalue weighted by Crippen LogP contribution is 2.21. The third-order valence-corrected chi connectivity index (χ3v) is 2.89. The van der Waals surface area contributed by atoms with Gasteiger partial charge in [0.1, 0.15) is 0 Å². The third kappa shape index (κ3) is 2.47. The molecule has 0 aliphatic heterocycles.